The maximum atomic E-state index is 14.0. The highest BCUT2D eigenvalue weighted by molar-refractivity contribution is 4.92. The summed E-state index contributed by atoms with van der Waals surface area (Å²) < 4.78 is 14.0. The van der Waals surface area contributed by atoms with Gasteiger partial charge in [0.2, 0.25) is 0 Å². The number of hydrogen-bond acceptors (Lipinski definition) is 2. The molecule has 1 saturated heterocycles. The van der Waals surface area contributed by atoms with Gasteiger partial charge in [0.05, 0.1) is 5.60 Å². The minimum absolute atomic E-state index is 0.448. The quantitative estimate of drug-likeness (QED) is 0.726. The zero-order valence-corrected chi connectivity index (χ0v) is 9.80. The molecule has 0 aromatic carbocycles. The van der Waals surface area contributed by atoms with Crippen LogP contribution < -0.4 is 0 Å². The van der Waals surface area contributed by atoms with Crippen molar-refractivity contribution in [2.24, 2.45) is 0 Å². The number of piperidine rings is 1. The van der Waals surface area contributed by atoms with Gasteiger partial charge >= 0.3 is 0 Å². The van der Waals surface area contributed by atoms with Gasteiger partial charge in [-0.3, -0.25) is 0 Å². The minimum atomic E-state index is -1.06. The van der Waals surface area contributed by atoms with Crippen molar-refractivity contribution in [2.75, 3.05) is 19.6 Å². The smallest absolute Gasteiger partial charge is 0.116 e. The Morgan fingerprint density at radius 1 is 1.47 bits per heavy atom. The summed E-state index contributed by atoms with van der Waals surface area (Å²) in [6, 6.07) is 0. The van der Waals surface area contributed by atoms with Crippen LogP contribution in [-0.4, -0.2) is 40.9 Å². The first-order chi connectivity index (χ1) is 6.85. The molecule has 1 fully saturated rings. The number of nitrogens with zero attached hydrogens (tertiary/aromatic N) is 1. The van der Waals surface area contributed by atoms with Crippen LogP contribution in [0.15, 0.2) is 12.7 Å². The van der Waals surface area contributed by atoms with E-state index in [-0.39, 0.29) is 0 Å². The molecule has 0 bridgehead atoms. The molecule has 0 aromatic rings. The fraction of sp³-hybridized carbons (Fsp3) is 0.833. The van der Waals surface area contributed by atoms with E-state index in [1.807, 2.05) is 0 Å². The summed E-state index contributed by atoms with van der Waals surface area (Å²) in [4.78, 5) is 2.13. The molecule has 0 aromatic heterocycles. The molecule has 3 heteroatoms. The van der Waals surface area contributed by atoms with Crippen molar-refractivity contribution >= 4 is 0 Å². The maximum absolute atomic E-state index is 14.0. The predicted molar refractivity (Wildman–Crippen MR) is 60.6 cm³/mol. The fourth-order valence-electron chi connectivity index (χ4n) is 2.12. The van der Waals surface area contributed by atoms with Gasteiger partial charge in [-0.2, -0.15) is 0 Å². The van der Waals surface area contributed by atoms with Crippen LogP contribution in [0.25, 0.3) is 0 Å². The molecule has 0 unspecified atom stereocenters. The van der Waals surface area contributed by atoms with Gasteiger partial charge in [0, 0.05) is 19.6 Å². The van der Waals surface area contributed by atoms with Crippen molar-refractivity contribution in [1.82, 2.24) is 4.90 Å². The second-order valence-electron chi connectivity index (χ2n) is 5.23. The Balaban J connectivity index is 2.39. The topological polar surface area (TPSA) is 23.5 Å². The van der Waals surface area contributed by atoms with Crippen molar-refractivity contribution in [1.29, 1.82) is 0 Å². The van der Waals surface area contributed by atoms with Gasteiger partial charge < -0.3 is 10.0 Å². The minimum Gasteiger partial charge on any atom is -0.389 e. The number of aliphatic hydroxyl groups is 1. The second kappa shape index (κ2) is 4.62. The summed E-state index contributed by atoms with van der Waals surface area (Å²) >= 11 is 0. The van der Waals surface area contributed by atoms with Gasteiger partial charge in [-0.1, -0.05) is 6.08 Å². The molecule has 0 aliphatic carbocycles. The molecule has 1 N–H and O–H groups in total. The molecule has 0 amide bonds. The summed E-state index contributed by atoms with van der Waals surface area (Å²) in [6.07, 6.45) is 3.21. The Kier molecular flexibility index (Phi) is 3.90. The Morgan fingerprint density at radius 3 is 2.40 bits per heavy atom. The standard InChI is InChI=1S/C12H22FNO/c1-4-5-12(13)6-8-14(9-7-12)10-11(2,3)15/h4,15H,1,5-10H2,2-3H3. The summed E-state index contributed by atoms with van der Waals surface area (Å²) in [7, 11) is 0. The van der Waals surface area contributed by atoms with Crippen LogP contribution in [0.4, 0.5) is 4.39 Å². The largest absolute Gasteiger partial charge is 0.389 e. The molecule has 2 nitrogen and oxygen atoms in total. The summed E-state index contributed by atoms with van der Waals surface area (Å²) in [6.45, 7) is 9.24. The highest BCUT2D eigenvalue weighted by Crippen LogP contribution is 2.30. The van der Waals surface area contributed by atoms with Crippen molar-refractivity contribution < 1.29 is 9.50 Å². The third-order valence-electron chi connectivity index (χ3n) is 2.87. The molecule has 0 spiro atoms. The van der Waals surface area contributed by atoms with E-state index < -0.39 is 11.3 Å². The zero-order valence-electron chi connectivity index (χ0n) is 9.80. The third-order valence-corrected chi connectivity index (χ3v) is 2.87. The Morgan fingerprint density at radius 2 is 2.00 bits per heavy atom. The average Bonchev–Trinajstić information content (AvgIpc) is 2.08. The number of alkyl halides is 1. The molecule has 0 atom stereocenters. The van der Waals surface area contributed by atoms with Crippen LogP contribution in [0.1, 0.15) is 33.1 Å². The second-order valence-corrected chi connectivity index (χ2v) is 5.23. The SMILES string of the molecule is C=CCC1(F)CCN(CC(C)(C)O)CC1. The molecule has 15 heavy (non-hydrogen) atoms. The van der Waals surface area contributed by atoms with Gasteiger partial charge in [-0.05, 0) is 33.1 Å². The average molecular weight is 215 g/mol. The van der Waals surface area contributed by atoms with Crippen LogP contribution in [-0.2, 0) is 0 Å². The summed E-state index contributed by atoms with van der Waals surface area (Å²) in [5.41, 5.74) is -1.74. The van der Waals surface area contributed by atoms with E-state index in [2.05, 4.69) is 11.5 Å². The van der Waals surface area contributed by atoms with Crippen LogP contribution >= 0.6 is 0 Å². The van der Waals surface area contributed by atoms with Crippen LogP contribution in [0.3, 0.4) is 0 Å². The molecular formula is C12H22FNO. The summed E-state index contributed by atoms with van der Waals surface area (Å²) in [5, 5.41) is 9.65. The molecule has 1 heterocycles. The van der Waals surface area contributed by atoms with Crippen molar-refractivity contribution in [3.05, 3.63) is 12.7 Å². The van der Waals surface area contributed by atoms with Gasteiger partial charge in [0.15, 0.2) is 0 Å². The van der Waals surface area contributed by atoms with Crippen LogP contribution in [0.2, 0.25) is 0 Å². The highest BCUT2D eigenvalue weighted by Gasteiger charge is 2.34. The zero-order chi connectivity index (χ0) is 11.5. The van der Waals surface area contributed by atoms with E-state index in [1.54, 1.807) is 19.9 Å². The number of rotatable bonds is 4. The molecular weight excluding hydrogens is 193 g/mol. The van der Waals surface area contributed by atoms with Gasteiger partial charge in [-0.15, -0.1) is 6.58 Å². The first kappa shape index (κ1) is 12.7. The van der Waals surface area contributed by atoms with Crippen molar-refractivity contribution in [2.45, 2.75) is 44.4 Å². The van der Waals surface area contributed by atoms with Crippen molar-refractivity contribution in [3.8, 4) is 0 Å². The molecule has 88 valence electrons. The molecule has 1 rings (SSSR count). The Labute approximate surface area is 91.8 Å². The normalized spacial score (nSPS) is 22.7. The molecule has 0 saturated carbocycles. The third kappa shape index (κ3) is 4.31. The van der Waals surface area contributed by atoms with E-state index in [4.69, 9.17) is 0 Å². The highest BCUT2D eigenvalue weighted by atomic mass is 19.1. The lowest BCUT2D eigenvalue weighted by Gasteiger charge is -2.38. The number of hydrogen-bond donors (Lipinski definition) is 1. The van der Waals surface area contributed by atoms with E-state index in [0.717, 1.165) is 13.1 Å². The fourth-order valence-corrected chi connectivity index (χ4v) is 2.12. The van der Waals surface area contributed by atoms with E-state index in [0.29, 0.717) is 25.8 Å². The van der Waals surface area contributed by atoms with Crippen molar-refractivity contribution in [3.63, 3.8) is 0 Å². The van der Waals surface area contributed by atoms with E-state index in [9.17, 15) is 9.50 Å². The maximum Gasteiger partial charge on any atom is 0.116 e. The number of β-amino-alcohol motifs (C(OH)–C–C–N with tert-alkyl or cyclic N) is 1. The predicted octanol–water partition coefficient (Wildman–Crippen LogP) is 2.14. The van der Waals surface area contributed by atoms with Gasteiger partial charge in [-0.25, -0.2) is 4.39 Å². The van der Waals surface area contributed by atoms with Gasteiger partial charge in [0.1, 0.15) is 5.67 Å². The Hall–Kier alpha value is -0.410. The molecule has 0 radical (unpaired) electrons. The lowest BCUT2D eigenvalue weighted by atomic mass is 9.89. The number of halogens is 1. The molecule has 1 aliphatic heterocycles. The Bertz CT molecular complexity index is 214. The molecule has 1 aliphatic rings. The number of allylic oxidation sites excluding steroid dienone is 1. The number of likely N-dealkylation sites (tertiary alicyclic amines) is 1. The van der Waals surface area contributed by atoms with Crippen LogP contribution in [0.5, 0.6) is 0 Å². The van der Waals surface area contributed by atoms with E-state index >= 15 is 0 Å². The lowest BCUT2D eigenvalue weighted by molar-refractivity contribution is -0.0000201. The van der Waals surface area contributed by atoms with E-state index in [1.165, 1.54) is 0 Å². The first-order valence-corrected chi connectivity index (χ1v) is 5.59. The lowest BCUT2D eigenvalue weighted by Crippen LogP contribution is -2.46. The first-order valence-electron chi connectivity index (χ1n) is 5.59. The van der Waals surface area contributed by atoms with Gasteiger partial charge in [0.25, 0.3) is 0 Å². The monoisotopic (exact) mass is 215 g/mol. The summed E-state index contributed by atoms with van der Waals surface area (Å²) in [5.74, 6) is 0. The van der Waals surface area contributed by atoms with Crippen LogP contribution in [0, 0.1) is 0 Å².